The van der Waals surface area contributed by atoms with Crippen LogP contribution in [0.2, 0.25) is 0 Å². The highest BCUT2D eigenvalue weighted by atomic mass is 16.5. The van der Waals surface area contributed by atoms with E-state index in [1.807, 2.05) is 6.07 Å². The first-order chi connectivity index (χ1) is 11.9. The fraction of sp³-hybridized carbons (Fsp3) is 0.263. The predicted molar refractivity (Wildman–Crippen MR) is 95.2 cm³/mol. The van der Waals surface area contributed by atoms with Crippen LogP contribution in [-0.2, 0) is 6.54 Å². The molecule has 0 fully saturated rings. The van der Waals surface area contributed by atoms with Crippen molar-refractivity contribution in [1.29, 1.82) is 0 Å². The normalized spacial score (nSPS) is 10.1. The van der Waals surface area contributed by atoms with E-state index in [4.69, 9.17) is 9.47 Å². The molecule has 0 atom stereocenters. The van der Waals surface area contributed by atoms with Gasteiger partial charge in [-0.15, -0.1) is 0 Å². The lowest BCUT2D eigenvalue weighted by Crippen LogP contribution is -2.24. The van der Waals surface area contributed by atoms with E-state index in [1.165, 1.54) is 19.1 Å². The molecule has 6 heteroatoms. The van der Waals surface area contributed by atoms with Gasteiger partial charge < -0.3 is 19.7 Å². The number of benzene rings is 2. The van der Waals surface area contributed by atoms with Crippen LogP contribution in [0.3, 0.4) is 0 Å². The standard InChI is InChI=1S/C19H22N2O4/c1-21(2)19(23)14-7-5-6-13(8-14)12-20-18(22)15-9-16(24-3)11-17(10-15)25-4/h5-11H,12H2,1-4H3,(H,20,22). The summed E-state index contributed by atoms with van der Waals surface area (Å²) in [6, 6.07) is 12.2. The van der Waals surface area contributed by atoms with Crippen molar-refractivity contribution in [3.8, 4) is 11.5 Å². The third kappa shape index (κ3) is 4.73. The lowest BCUT2D eigenvalue weighted by atomic mass is 10.1. The van der Waals surface area contributed by atoms with E-state index < -0.39 is 0 Å². The van der Waals surface area contributed by atoms with Gasteiger partial charge in [0.1, 0.15) is 11.5 Å². The smallest absolute Gasteiger partial charge is 0.253 e. The minimum absolute atomic E-state index is 0.0780. The second-order valence-corrected chi connectivity index (χ2v) is 5.68. The van der Waals surface area contributed by atoms with E-state index in [2.05, 4.69) is 5.32 Å². The Morgan fingerprint density at radius 1 is 0.960 bits per heavy atom. The lowest BCUT2D eigenvalue weighted by Gasteiger charge is -2.12. The summed E-state index contributed by atoms with van der Waals surface area (Å²) in [6.45, 7) is 0.312. The zero-order chi connectivity index (χ0) is 18.4. The van der Waals surface area contributed by atoms with Gasteiger partial charge in [-0.2, -0.15) is 0 Å². The SMILES string of the molecule is COc1cc(OC)cc(C(=O)NCc2cccc(C(=O)N(C)C)c2)c1. The minimum Gasteiger partial charge on any atom is -0.497 e. The molecule has 1 N–H and O–H groups in total. The van der Waals surface area contributed by atoms with Crippen LogP contribution in [0, 0.1) is 0 Å². The molecule has 0 aromatic heterocycles. The molecule has 2 aromatic carbocycles. The summed E-state index contributed by atoms with van der Waals surface area (Å²) >= 11 is 0. The summed E-state index contributed by atoms with van der Waals surface area (Å²) in [6.07, 6.45) is 0. The number of hydrogen-bond donors (Lipinski definition) is 1. The summed E-state index contributed by atoms with van der Waals surface area (Å²) in [7, 11) is 6.47. The molecule has 25 heavy (non-hydrogen) atoms. The number of rotatable bonds is 6. The van der Waals surface area contributed by atoms with Crippen LogP contribution in [0.5, 0.6) is 11.5 Å². The van der Waals surface area contributed by atoms with Crippen LogP contribution < -0.4 is 14.8 Å². The number of methoxy groups -OCH3 is 2. The second kappa shape index (κ2) is 8.19. The first kappa shape index (κ1) is 18.3. The van der Waals surface area contributed by atoms with Gasteiger partial charge >= 0.3 is 0 Å². The predicted octanol–water partition coefficient (Wildman–Crippen LogP) is 2.34. The van der Waals surface area contributed by atoms with Crippen molar-refractivity contribution in [2.45, 2.75) is 6.54 Å². The molecule has 0 heterocycles. The van der Waals surface area contributed by atoms with Crippen LogP contribution in [-0.4, -0.2) is 45.0 Å². The van der Waals surface area contributed by atoms with Gasteiger partial charge in [-0.1, -0.05) is 12.1 Å². The minimum atomic E-state index is -0.249. The summed E-state index contributed by atoms with van der Waals surface area (Å²) in [5, 5.41) is 2.84. The van der Waals surface area contributed by atoms with Gasteiger partial charge in [0.05, 0.1) is 14.2 Å². The monoisotopic (exact) mass is 342 g/mol. The highest BCUT2D eigenvalue weighted by Crippen LogP contribution is 2.22. The molecule has 0 radical (unpaired) electrons. The molecule has 0 aliphatic rings. The van der Waals surface area contributed by atoms with Crippen molar-refractivity contribution in [2.24, 2.45) is 0 Å². The highest BCUT2D eigenvalue weighted by Gasteiger charge is 2.11. The number of carbonyl (C=O) groups excluding carboxylic acids is 2. The van der Waals surface area contributed by atoms with E-state index in [-0.39, 0.29) is 11.8 Å². The van der Waals surface area contributed by atoms with Gasteiger partial charge in [-0.25, -0.2) is 0 Å². The summed E-state index contributed by atoms with van der Waals surface area (Å²) in [4.78, 5) is 25.9. The molecule has 132 valence electrons. The van der Waals surface area contributed by atoms with Crippen molar-refractivity contribution < 1.29 is 19.1 Å². The maximum Gasteiger partial charge on any atom is 0.253 e. The second-order valence-electron chi connectivity index (χ2n) is 5.68. The van der Waals surface area contributed by atoms with E-state index in [0.29, 0.717) is 29.2 Å². The van der Waals surface area contributed by atoms with E-state index in [0.717, 1.165) is 5.56 Å². The topological polar surface area (TPSA) is 67.9 Å². The Balaban J connectivity index is 2.10. The fourth-order valence-corrected chi connectivity index (χ4v) is 2.30. The first-order valence-electron chi connectivity index (χ1n) is 7.76. The Bertz CT molecular complexity index is 750. The van der Waals surface area contributed by atoms with Crippen LogP contribution in [0.1, 0.15) is 26.3 Å². The van der Waals surface area contributed by atoms with Crippen molar-refractivity contribution >= 4 is 11.8 Å². The maximum absolute atomic E-state index is 12.4. The molecule has 0 aliphatic heterocycles. The van der Waals surface area contributed by atoms with E-state index in [9.17, 15) is 9.59 Å². The van der Waals surface area contributed by atoms with E-state index >= 15 is 0 Å². The summed E-state index contributed by atoms with van der Waals surface area (Å²) < 4.78 is 10.3. The number of nitrogens with one attached hydrogen (secondary N) is 1. The Kier molecular flexibility index (Phi) is 6.00. The molecule has 0 saturated carbocycles. The molecule has 2 amide bonds. The van der Waals surface area contributed by atoms with Gasteiger partial charge in [-0.05, 0) is 29.8 Å². The average molecular weight is 342 g/mol. The zero-order valence-electron chi connectivity index (χ0n) is 14.8. The van der Waals surface area contributed by atoms with Crippen LogP contribution in [0.4, 0.5) is 0 Å². The van der Waals surface area contributed by atoms with Crippen molar-refractivity contribution in [2.75, 3.05) is 28.3 Å². The van der Waals surface area contributed by atoms with Gasteiger partial charge in [0.2, 0.25) is 0 Å². The average Bonchev–Trinajstić information content (AvgIpc) is 2.64. The Morgan fingerprint density at radius 3 is 2.16 bits per heavy atom. The van der Waals surface area contributed by atoms with Crippen LogP contribution in [0.15, 0.2) is 42.5 Å². The number of carbonyl (C=O) groups is 2. The van der Waals surface area contributed by atoms with Crippen molar-refractivity contribution in [1.82, 2.24) is 10.2 Å². The zero-order valence-corrected chi connectivity index (χ0v) is 14.8. The summed E-state index contributed by atoms with van der Waals surface area (Å²) in [5.74, 6) is 0.762. The number of nitrogens with zero attached hydrogens (tertiary/aromatic N) is 1. The molecule has 0 unspecified atom stereocenters. The molecule has 2 aromatic rings. The molecule has 0 aliphatic carbocycles. The lowest BCUT2D eigenvalue weighted by molar-refractivity contribution is 0.0827. The quantitative estimate of drug-likeness (QED) is 0.875. The van der Waals surface area contributed by atoms with Crippen molar-refractivity contribution in [3.05, 3.63) is 59.2 Å². The molecule has 0 spiro atoms. The summed E-state index contributed by atoms with van der Waals surface area (Å²) in [5.41, 5.74) is 1.87. The van der Waals surface area contributed by atoms with Crippen molar-refractivity contribution in [3.63, 3.8) is 0 Å². The third-order valence-corrected chi connectivity index (χ3v) is 3.65. The molecule has 0 saturated heterocycles. The van der Waals surface area contributed by atoms with Crippen LogP contribution >= 0.6 is 0 Å². The van der Waals surface area contributed by atoms with Gasteiger partial charge in [-0.3, -0.25) is 9.59 Å². The highest BCUT2D eigenvalue weighted by molar-refractivity contribution is 5.95. The Labute approximate surface area is 147 Å². The molecular formula is C19H22N2O4. The van der Waals surface area contributed by atoms with Gasteiger partial charge in [0.25, 0.3) is 11.8 Å². The molecule has 6 nitrogen and oxygen atoms in total. The Morgan fingerprint density at radius 2 is 1.60 bits per heavy atom. The third-order valence-electron chi connectivity index (χ3n) is 3.65. The van der Waals surface area contributed by atoms with Gasteiger partial charge in [0.15, 0.2) is 0 Å². The molecular weight excluding hydrogens is 320 g/mol. The molecule has 0 bridgehead atoms. The first-order valence-corrected chi connectivity index (χ1v) is 7.76. The Hall–Kier alpha value is -3.02. The number of amides is 2. The van der Waals surface area contributed by atoms with Crippen LogP contribution in [0.25, 0.3) is 0 Å². The van der Waals surface area contributed by atoms with E-state index in [1.54, 1.807) is 50.5 Å². The maximum atomic E-state index is 12.4. The fourth-order valence-electron chi connectivity index (χ4n) is 2.30. The van der Waals surface area contributed by atoms with Gasteiger partial charge in [0, 0.05) is 37.8 Å². The largest absolute Gasteiger partial charge is 0.497 e. The molecule has 2 rings (SSSR count). The number of ether oxygens (including phenoxy) is 2. The number of hydrogen-bond acceptors (Lipinski definition) is 4.